The summed E-state index contributed by atoms with van der Waals surface area (Å²) in [6.07, 6.45) is 37.3. The minimum Gasteiger partial charge on any atom is -0.394 e. The first-order valence-electron chi connectivity index (χ1n) is 18.1. The Hall–Kier alpha value is -1.17. The van der Waals surface area contributed by atoms with Gasteiger partial charge < -0.3 is 20.6 Å². The zero-order chi connectivity index (χ0) is 30.9. The maximum atomic E-state index is 12.3. The maximum Gasteiger partial charge on any atom is 0.222 e. The average Bonchev–Trinajstić information content (AvgIpc) is 2.98. The van der Waals surface area contributed by atoms with Gasteiger partial charge in [-0.05, 0) is 44.9 Å². The van der Waals surface area contributed by atoms with Gasteiger partial charge in [0, 0.05) is 0 Å². The van der Waals surface area contributed by atoms with Crippen LogP contribution in [0.5, 0.6) is 0 Å². The summed E-state index contributed by atoms with van der Waals surface area (Å²) in [5.41, 5.74) is 0. The fourth-order valence-electron chi connectivity index (χ4n) is 5.40. The average molecular weight is 594 g/mol. The Morgan fingerprint density at radius 2 is 1.00 bits per heavy atom. The van der Waals surface area contributed by atoms with Crippen molar-refractivity contribution in [3.8, 4) is 0 Å². The largest absolute Gasteiger partial charge is 0.394 e. The summed E-state index contributed by atoms with van der Waals surface area (Å²) in [5, 5.41) is 32.9. The van der Waals surface area contributed by atoms with Crippen LogP contribution >= 0.6 is 0 Å². The summed E-state index contributed by atoms with van der Waals surface area (Å²) in [7, 11) is 0. The number of carbonyl (C=O) groups excluding carboxylic acids is 1. The topological polar surface area (TPSA) is 89.8 Å². The lowest BCUT2D eigenvalue weighted by Crippen LogP contribution is -2.45. The third kappa shape index (κ3) is 28.9. The molecule has 0 radical (unpaired) electrons. The van der Waals surface area contributed by atoms with E-state index in [1.165, 1.54) is 122 Å². The van der Waals surface area contributed by atoms with Crippen molar-refractivity contribution >= 4 is 5.91 Å². The van der Waals surface area contributed by atoms with E-state index in [0.29, 0.717) is 6.42 Å². The van der Waals surface area contributed by atoms with E-state index in [9.17, 15) is 20.1 Å². The van der Waals surface area contributed by atoms with Crippen LogP contribution in [0.1, 0.15) is 181 Å². The Bertz CT molecular complexity index is 621. The summed E-state index contributed by atoms with van der Waals surface area (Å²) in [6, 6.07) is -0.748. The molecule has 5 nitrogen and oxygen atoms in total. The number of aliphatic hydroxyl groups excluding tert-OH is 3. The molecule has 0 aromatic heterocycles. The zero-order valence-corrected chi connectivity index (χ0v) is 27.9. The Morgan fingerprint density at radius 3 is 1.45 bits per heavy atom. The van der Waals surface area contributed by atoms with Crippen molar-refractivity contribution in [1.29, 1.82) is 0 Å². The van der Waals surface area contributed by atoms with Crippen molar-refractivity contribution in [2.75, 3.05) is 6.61 Å². The van der Waals surface area contributed by atoms with Crippen molar-refractivity contribution < 1.29 is 20.1 Å². The highest BCUT2D eigenvalue weighted by Gasteiger charge is 2.20. The van der Waals surface area contributed by atoms with E-state index in [-0.39, 0.29) is 18.9 Å². The Labute approximate surface area is 261 Å². The van der Waals surface area contributed by atoms with Crippen LogP contribution in [0.4, 0.5) is 0 Å². The molecule has 0 saturated carbocycles. The summed E-state index contributed by atoms with van der Waals surface area (Å²) in [5.74, 6) is -0.334. The predicted molar refractivity (Wildman–Crippen MR) is 181 cm³/mol. The van der Waals surface area contributed by atoms with Crippen LogP contribution in [0, 0.1) is 0 Å². The van der Waals surface area contributed by atoms with Gasteiger partial charge >= 0.3 is 0 Å². The van der Waals surface area contributed by atoms with Crippen LogP contribution in [-0.2, 0) is 4.79 Å². The van der Waals surface area contributed by atoms with Crippen LogP contribution in [0.15, 0.2) is 24.3 Å². The first-order valence-corrected chi connectivity index (χ1v) is 18.1. The summed E-state index contributed by atoms with van der Waals surface area (Å²) in [6.45, 7) is 4.17. The molecular formula is C37H71NO4. The van der Waals surface area contributed by atoms with E-state index in [1.807, 2.05) is 6.08 Å². The van der Waals surface area contributed by atoms with Gasteiger partial charge in [-0.2, -0.15) is 0 Å². The highest BCUT2D eigenvalue weighted by Crippen LogP contribution is 2.14. The van der Waals surface area contributed by atoms with Gasteiger partial charge in [-0.15, -0.1) is 0 Å². The monoisotopic (exact) mass is 594 g/mol. The Morgan fingerprint density at radius 1 is 0.595 bits per heavy atom. The molecule has 4 N–H and O–H groups in total. The molecule has 0 aromatic carbocycles. The van der Waals surface area contributed by atoms with Gasteiger partial charge in [0.25, 0.3) is 0 Å². The minimum absolute atomic E-state index is 0.00649. The summed E-state index contributed by atoms with van der Waals surface area (Å²) in [4.78, 5) is 12.3. The summed E-state index contributed by atoms with van der Waals surface area (Å²) < 4.78 is 0. The van der Waals surface area contributed by atoms with E-state index >= 15 is 0 Å². The molecule has 0 spiro atoms. The lowest BCUT2D eigenvalue weighted by molar-refractivity contribution is -0.124. The number of amides is 1. The molecule has 0 aromatic rings. The molecule has 0 aliphatic heterocycles. The van der Waals surface area contributed by atoms with E-state index in [4.69, 9.17) is 0 Å². The molecule has 42 heavy (non-hydrogen) atoms. The predicted octanol–water partition coefficient (Wildman–Crippen LogP) is 9.48. The number of hydrogen-bond acceptors (Lipinski definition) is 4. The Balaban J connectivity index is 3.77. The molecule has 3 atom stereocenters. The van der Waals surface area contributed by atoms with Crippen LogP contribution in [0.2, 0.25) is 0 Å². The minimum atomic E-state index is -0.931. The van der Waals surface area contributed by atoms with Gasteiger partial charge in [0.05, 0.1) is 31.3 Å². The van der Waals surface area contributed by atoms with Crippen molar-refractivity contribution in [3.05, 3.63) is 24.3 Å². The normalized spacial score (nSPS) is 14.1. The molecule has 0 bridgehead atoms. The molecule has 5 heteroatoms. The highest BCUT2D eigenvalue weighted by molar-refractivity contribution is 5.76. The van der Waals surface area contributed by atoms with E-state index < -0.39 is 18.2 Å². The second-order valence-corrected chi connectivity index (χ2v) is 12.5. The van der Waals surface area contributed by atoms with Crippen LogP contribution < -0.4 is 5.32 Å². The van der Waals surface area contributed by atoms with Gasteiger partial charge in [-0.25, -0.2) is 0 Å². The molecular weight excluding hydrogens is 522 g/mol. The quantitative estimate of drug-likeness (QED) is 0.0462. The van der Waals surface area contributed by atoms with Gasteiger partial charge in [-0.1, -0.05) is 154 Å². The van der Waals surface area contributed by atoms with Crippen molar-refractivity contribution in [1.82, 2.24) is 5.32 Å². The third-order valence-electron chi connectivity index (χ3n) is 8.23. The molecule has 248 valence electrons. The third-order valence-corrected chi connectivity index (χ3v) is 8.23. The standard InChI is InChI=1S/C37H71NO4/c1-3-5-7-9-11-13-15-16-17-18-19-21-23-25-27-29-31-36(41)35(33-39)38-37(42)32-34(40)30-28-26-24-22-20-14-12-10-8-6-4-2/h22,24,29,31,34-36,39-41H,3-21,23,25-28,30,32-33H2,1-2H3,(H,38,42)/b24-22-,31-29+. The van der Waals surface area contributed by atoms with E-state index in [1.54, 1.807) is 6.08 Å². The second kappa shape index (κ2) is 32.7. The molecule has 3 unspecified atom stereocenters. The van der Waals surface area contributed by atoms with Crippen molar-refractivity contribution in [3.63, 3.8) is 0 Å². The van der Waals surface area contributed by atoms with Gasteiger partial charge in [0.2, 0.25) is 5.91 Å². The molecule has 0 aliphatic rings. The molecule has 0 rings (SSSR count). The number of unbranched alkanes of at least 4 members (excludes halogenated alkanes) is 21. The zero-order valence-electron chi connectivity index (χ0n) is 27.9. The molecule has 1 amide bonds. The highest BCUT2D eigenvalue weighted by atomic mass is 16.3. The SMILES string of the molecule is CCCCCCCC/C=C\CCCC(O)CC(=O)NC(CO)C(O)/C=C/CCCCCCCCCCCCCCCC. The van der Waals surface area contributed by atoms with Gasteiger partial charge in [0.15, 0.2) is 0 Å². The fraction of sp³-hybridized carbons (Fsp3) is 0.865. The number of allylic oxidation sites excluding steroid dienone is 3. The van der Waals surface area contributed by atoms with Gasteiger partial charge in [0.1, 0.15) is 0 Å². The number of nitrogens with one attached hydrogen (secondary N) is 1. The molecule has 0 heterocycles. The second-order valence-electron chi connectivity index (χ2n) is 12.5. The molecule has 0 aliphatic carbocycles. The van der Waals surface area contributed by atoms with Gasteiger partial charge in [-0.3, -0.25) is 4.79 Å². The first kappa shape index (κ1) is 40.8. The molecule has 0 saturated heterocycles. The smallest absolute Gasteiger partial charge is 0.222 e. The fourth-order valence-corrected chi connectivity index (χ4v) is 5.40. The first-order chi connectivity index (χ1) is 20.5. The number of aliphatic hydroxyl groups is 3. The van der Waals surface area contributed by atoms with Crippen LogP contribution in [0.25, 0.3) is 0 Å². The number of carbonyl (C=O) groups is 1. The van der Waals surface area contributed by atoms with Crippen molar-refractivity contribution in [2.24, 2.45) is 0 Å². The van der Waals surface area contributed by atoms with Crippen LogP contribution in [-0.4, -0.2) is 46.1 Å². The summed E-state index contributed by atoms with van der Waals surface area (Å²) >= 11 is 0. The van der Waals surface area contributed by atoms with Crippen LogP contribution in [0.3, 0.4) is 0 Å². The maximum absolute atomic E-state index is 12.3. The number of hydrogen-bond donors (Lipinski definition) is 4. The molecule has 0 fully saturated rings. The van der Waals surface area contributed by atoms with Crippen molar-refractivity contribution in [2.45, 2.75) is 199 Å². The van der Waals surface area contributed by atoms with E-state index in [0.717, 1.165) is 32.1 Å². The number of rotatable bonds is 32. The van der Waals surface area contributed by atoms with E-state index in [2.05, 4.69) is 31.3 Å². The lowest BCUT2D eigenvalue weighted by Gasteiger charge is -2.20. The lowest BCUT2D eigenvalue weighted by atomic mass is 10.0. The Kier molecular flexibility index (Phi) is 31.8.